The number of hydrogen-bond donors (Lipinski definition) is 0. The normalized spacial score (nSPS) is 11.2. The summed E-state index contributed by atoms with van der Waals surface area (Å²) in [5, 5.41) is 9.03. The lowest BCUT2D eigenvalue weighted by Gasteiger charge is -2.09. The van der Waals surface area contributed by atoms with E-state index in [1.165, 1.54) is 17.3 Å². The van der Waals surface area contributed by atoms with Crippen molar-refractivity contribution in [3.05, 3.63) is 52.3 Å². The van der Waals surface area contributed by atoms with Crippen LogP contribution in [0.3, 0.4) is 0 Å². The van der Waals surface area contributed by atoms with Gasteiger partial charge in [-0.25, -0.2) is 4.98 Å². The molecule has 0 spiro atoms. The first-order valence-electron chi connectivity index (χ1n) is 8.50. The third-order valence-corrected chi connectivity index (χ3v) is 5.19. The van der Waals surface area contributed by atoms with Crippen LogP contribution in [0.1, 0.15) is 46.7 Å². The molecule has 0 aliphatic heterocycles. The maximum absolute atomic E-state index is 12.8. The van der Waals surface area contributed by atoms with E-state index in [0.717, 1.165) is 35.4 Å². The molecule has 25 heavy (non-hydrogen) atoms. The first kappa shape index (κ1) is 17.6. The summed E-state index contributed by atoms with van der Waals surface area (Å²) in [7, 11) is 0. The molecule has 3 rings (SSSR count). The maximum Gasteiger partial charge on any atom is 0.256 e. The number of aromatic nitrogens is 4. The quantitative estimate of drug-likeness (QED) is 0.497. The molecular weight excluding hydrogens is 332 g/mol. The SMILES string of the molecule is CCc1ccc(CC)c(C(=O)CSc2nnc3nc(C)cc(C)n23)c1. The Bertz CT molecular complexity index is 933. The molecule has 6 heteroatoms. The van der Waals surface area contributed by atoms with E-state index in [0.29, 0.717) is 16.7 Å². The van der Waals surface area contributed by atoms with Gasteiger partial charge < -0.3 is 0 Å². The van der Waals surface area contributed by atoms with Gasteiger partial charge in [-0.05, 0) is 49.9 Å². The highest BCUT2D eigenvalue weighted by Gasteiger charge is 2.15. The van der Waals surface area contributed by atoms with Crippen molar-refractivity contribution in [2.75, 3.05) is 5.75 Å². The average Bonchev–Trinajstić information content (AvgIpc) is 3.02. The van der Waals surface area contributed by atoms with Crippen molar-refractivity contribution >= 4 is 23.3 Å². The minimum absolute atomic E-state index is 0.131. The van der Waals surface area contributed by atoms with Gasteiger partial charge in [0.25, 0.3) is 5.78 Å². The number of nitrogens with zero attached hydrogens (tertiary/aromatic N) is 4. The molecule has 2 heterocycles. The predicted octanol–water partition coefficient (Wildman–Crippen LogP) is 3.84. The zero-order valence-corrected chi connectivity index (χ0v) is 15.9. The van der Waals surface area contributed by atoms with Gasteiger partial charge in [0, 0.05) is 17.0 Å². The number of Topliss-reactive ketones (excluding diaryl/α,β-unsaturated/α-hetero) is 1. The maximum atomic E-state index is 12.8. The standard InChI is InChI=1S/C19H22N4OS/c1-5-14-7-8-15(6-2)16(10-14)17(24)11-25-19-22-21-18-20-12(3)9-13(4)23(18)19/h7-10H,5-6,11H2,1-4H3. The molecule has 130 valence electrons. The molecule has 0 saturated heterocycles. The van der Waals surface area contributed by atoms with Crippen LogP contribution < -0.4 is 0 Å². The fourth-order valence-electron chi connectivity index (χ4n) is 2.91. The van der Waals surface area contributed by atoms with Crippen molar-refractivity contribution in [2.45, 2.75) is 45.7 Å². The topological polar surface area (TPSA) is 60.2 Å². The van der Waals surface area contributed by atoms with Gasteiger partial charge in [0.1, 0.15) is 0 Å². The summed E-state index contributed by atoms with van der Waals surface area (Å²) in [6, 6.07) is 8.19. The van der Waals surface area contributed by atoms with Crippen molar-refractivity contribution in [3.8, 4) is 0 Å². The fourth-order valence-corrected chi connectivity index (χ4v) is 3.78. The van der Waals surface area contributed by atoms with Crippen LogP contribution in [-0.4, -0.2) is 31.1 Å². The number of benzene rings is 1. The highest BCUT2D eigenvalue weighted by atomic mass is 32.2. The van der Waals surface area contributed by atoms with Crippen molar-refractivity contribution in [1.29, 1.82) is 0 Å². The fraction of sp³-hybridized carbons (Fsp3) is 0.368. The van der Waals surface area contributed by atoms with Gasteiger partial charge in [-0.15, -0.1) is 10.2 Å². The first-order chi connectivity index (χ1) is 12.0. The summed E-state index contributed by atoms with van der Waals surface area (Å²) in [5.41, 5.74) is 5.05. The molecular formula is C19H22N4OS. The Labute approximate surface area is 151 Å². The molecule has 2 aromatic heterocycles. The Balaban J connectivity index is 1.84. The van der Waals surface area contributed by atoms with E-state index in [1.807, 2.05) is 30.4 Å². The molecule has 0 atom stereocenters. The largest absolute Gasteiger partial charge is 0.293 e. The molecule has 0 saturated carbocycles. The molecule has 1 aromatic carbocycles. The summed E-state index contributed by atoms with van der Waals surface area (Å²) >= 11 is 1.41. The number of carbonyl (C=O) groups is 1. The molecule has 5 nitrogen and oxygen atoms in total. The highest BCUT2D eigenvalue weighted by molar-refractivity contribution is 7.99. The third-order valence-electron chi connectivity index (χ3n) is 4.26. The predicted molar refractivity (Wildman–Crippen MR) is 101 cm³/mol. The van der Waals surface area contributed by atoms with Crippen molar-refractivity contribution in [2.24, 2.45) is 0 Å². The number of fused-ring (bicyclic) bond motifs is 1. The van der Waals surface area contributed by atoms with Crippen LogP contribution >= 0.6 is 11.8 Å². The summed E-state index contributed by atoms with van der Waals surface area (Å²) in [4.78, 5) is 17.2. The van der Waals surface area contributed by atoms with Gasteiger partial charge in [-0.3, -0.25) is 9.20 Å². The van der Waals surface area contributed by atoms with E-state index in [-0.39, 0.29) is 5.78 Å². The van der Waals surface area contributed by atoms with Gasteiger partial charge >= 0.3 is 0 Å². The van der Waals surface area contributed by atoms with Crippen LogP contribution in [0.25, 0.3) is 5.78 Å². The van der Waals surface area contributed by atoms with Gasteiger partial charge in [-0.2, -0.15) is 0 Å². The van der Waals surface area contributed by atoms with E-state index in [4.69, 9.17) is 0 Å². The lowest BCUT2D eigenvalue weighted by atomic mass is 9.98. The number of thioether (sulfide) groups is 1. The minimum Gasteiger partial charge on any atom is -0.293 e. The van der Waals surface area contributed by atoms with Crippen molar-refractivity contribution in [3.63, 3.8) is 0 Å². The van der Waals surface area contributed by atoms with E-state index in [2.05, 4.69) is 41.2 Å². The van der Waals surface area contributed by atoms with Crippen LogP contribution in [-0.2, 0) is 12.8 Å². The summed E-state index contributed by atoms with van der Waals surface area (Å²) in [6.07, 6.45) is 1.78. The monoisotopic (exact) mass is 354 g/mol. The molecule has 0 radical (unpaired) electrons. The zero-order chi connectivity index (χ0) is 18.0. The molecule has 0 N–H and O–H groups in total. The lowest BCUT2D eigenvalue weighted by molar-refractivity contribution is 0.102. The van der Waals surface area contributed by atoms with E-state index in [1.54, 1.807) is 0 Å². The van der Waals surface area contributed by atoms with Crippen molar-refractivity contribution in [1.82, 2.24) is 19.6 Å². The second-order valence-corrected chi connectivity index (χ2v) is 7.01. The number of rotatable bonds is 6. The first-order valence-corrected chi connectivity index (χ1v) is 9.49. The van der Waals surface area contributed by atoms with E-state index in [9.17, 15) is 4.79 Å². The Morgan fingerprint density at radius 2 is 1.92 bits per heavy atom. The number of ketones is 1. The number of hydrogen-bond acceptors (Lipinski definition) is 5. The summed E-state index contributed by atoms with van der Waals surface area (Å²) < 4.78 is 1.90. The van der Waals surface area contributed by atoms with E-state index < -0.39 is 0 Å². The summed E-state index contributed by atoms with van der Waals surface area (Å²) in [5.74, 6) is 1.05. The van der Waals surface area contributed by atoms with Crippen LogP contribution in [0.4, 0.5) is 0 Å². The lowest BCUT2D eigenvalue weighted by Crippen LogP contribution is -2.08. The molecule has 0 unspecified atom stereocenters. The number of aryl methyl sites for hydroxylation is 4. The molecule has 0 fully saturated rings. The molecule has 3 aromatic rings. The molecule has 0 bridgehead atoms. The van der Waals surface area contributed by atoms with Gasteiger partial charge in [-0.1, -0.05) is 37.7 Å². The third kappa shape index (κ3) is 3.58. The smallest absolute Gasteiger partial charge is 0.256 e. The van der Waals surface area contributed by atoms with Gasteiger partial charge in [0.05, 0.1) is 5.75 Å². The second kappa shape index (κ2) is 7.35. The Kier molecular flexibility index (Phi) is 5.18. The minimum atomic E-state index is 0.131. The number of carbonyl (C=O) groups excluding carboxylic acids is 1. The van der Waals surface area contributed by atoms with Crippen LogP contribution in [0.15, 0.2) is 29.4 Å². The van der Waals surface area contributed by atoms with Crippen LogP contribution in [0.2, 0.25) is 0 Å². The average molecular weight is 354 g/mol. The Hall–Kier alpha value is -2.21. The van der Waals surface area contributed by atoms with Crippen LogP contribution in [0.5, 0.6) is 0 Å². The van der Waals surface area contributed by atoms with Gasteiger partial charge in [0.15, 0.2) is 10.9 Å². The van der Waals surface area contributed by atoms with Crippen molar-refractivity contribution < 1.29 is 4.79 Å². The van der Waals surface area contributed by atoms with E-state index >= 15 is 0 Å². The van der Waals surface area contributed by atoms with Crippen LogP contribution in [0, 0.1) is 13.8 Å². The van der Waals surface area contributed by atoms with Gasteiger partial charge in [0.2, 0.25) is 0 Å². The molecule has 0 aliphatic carbocycles. The molecule has 0 amide bonds. The molecule has 0 aliphatic rings. The summed E-state index contributed by atoms with van der Waals surface area (Å²) in [6.45, 7) is 8.11. The Morgan fingerprint density at radius 1 is 1.12 bits per heavy atom. The zero-order valence-electron chi connectivity index (χ0n) is 15.0. The Morgan fingerprint density at radius 3 is 2.64 bits per heavy atom. The highest BCUT2D eigenvalue weighted by Crippen LogP contribution is 2.22. The second-order valence-electron chi connectivity index (χ2n) is 6.07.